The molecule has 0 saturated heterocycles. The van der Waals surface area contributed by atoms with E-state index in [0.29, 0.717) is 28.2 Å². The van der Waals surface area contributed by atoms with Gasteiger partial charge in [-0.05, 0) is 42.8 Å². The fraction of sp³-hybridized carbons (Fsp3) is 0.0870. The monoisotopic (exact) mass is 386 g/mol. The number of carbonyl (C=O) groups is 2. The highest BCUT2D eigenvalue weighted by atomic mass is 16.5. The van der Waals surface area contributed by atoms with Crippen molar-refractivity contribution in [2.75, 3.05) is 11.9 Å². The van der Waals surface area contributed by atoms with Crippen LogP contribution in [0.4, 0.5) is 5.69 Å². The average molecular weight is 386 g/mol. The maximum atomic E-state index is 12.6. The summed E-state index contributed by atoms with van der Waals surface area (Å²) in [5, 5.41) is 2.73. The van der Waals surface area contributed by atoms with Gasteiger partial charge in [0.2, 0.25) is 5.89 Å². The zero-order valence-electron chi connectivity index (χ0n) is 15.7. The summed E-state index contributed by atoms with van der Waals surface area (Å²) in [6.45, 7) is 1.49. The second-order valence-electron chi connectivity index (χ2n) is 6.47. The molecule has 0 radical (unpaired) electrons. The maximum absolute atomic E-state index is 12.6. The fourth-order valence-electron chi connectivity index (χ4n) is 2.94. The molecule has 0 bridgehead atoms. The second-order valence-corrected chi connectivity index (χ2v) is 6.47. The SMILES string of the molecule is Cc1ccccc1NC(=O)COC(=O)c1ccccc1-c1nc2ccccc2o1. The van der Waals surface area contributed by atoms with Crippen molar-refractivity contribution in [3.05, 3.63) is 83.9 Å². The molecule has 1 heterocycles. The van der Waals surface area contributed by atoms with Crippen molar-refractivity contribution in [3.63, 3.8) is 0 Å². The summed E-state index contributed by atoms with van der Waals surface area (Å²) >= 11 is 0. The first kappa shape index (κ1) is 18.4. The van der Waals surface area contributed by atoms with E-state index in [-0.39, 0.29) is 5.56 Å². The smallest absolute Gasteiger partial charge is 0.339 e. The third-order valence-corrected chi connectivity index (χ3v) is 4.42. The van der Waals surface area contributed by atoms with Gasteiger partial charge in [-0.3, -0.25) is 4.79 Å². The molecule has 6 heteroatoms. The van der Waals surface area contributed by atoms with Crippen LogP contribution >= 0.6 is 0 Å². The number of oxazole rings is 1. The molecule has 0 unspecified atom stereocenters. The Hall–Kier alpha value is -3.93. The number of fused-ring (bicyclic) bond motifs is 1. The Morgan fingerprint density at radius 3 is 2.52 bits per heavy atom. The Morgan fingerprint density at radius 1 is 0.966 bits per heavy atom. The largest absolute Gasteiger partial charge is 0.452 e. The number of rotatable bonds is 5. The van der Waals surface area contributed by atoms with Crippen LogP contribution in [0.1, 0.15) is 15.9 Å². The Balaban J connectivity index is 1.49. The van der Waals surface area contributed by atoms with Crippen molar-refractivity contribution in [1.82, 2.24) is 4.98 Å². The molecule has 1 aromatic heterocycles. The number of aromatic nitrogens is 1. The van der Waals surface area contributed by atoms with E-state index in [4.69, 9.17) is 9.15 Å². The number of amides is 1. The van der Waals surface area contributed by atoms with Gasteiger partial charge in [0.05, 0.1) is 11.1 Å². The zero-order valence-corrected chi connectivity index (χ0v) is 15.7. The number of nitrogens with zero attached hydrogens (tertiary/aromatic N) is 1. The van der Waals surface area contributed by atoms with Gasteiger partial charge >= 0.3 is 5.97 Å². The molecule has 1 N–H and O–H groups in total. The van der Waals surface area contributed by atoms with Crippen LogP contribution in [-0.4, -0.2) is 23.5 Å². The summed E-state index contributed by atoms with van der Waals surface area (Å²) in [7, 11) is 0. The van der Waals surface area contributed by atoms with Crippen LogP contribution in [0.5, 0.6) is 0 Å². The predicted octanol–water partition coefficient (Wildman–Crippen LogP) is 4.60. The van der Waals surface area contributed by atoms with Crippen LogP contribution in [0.2, 0.25) is 0 Å². The van der Waals surface area contributed by atoms with Crippen LogP contribution in [-0.2, 0) is 9.53 Å². The van der Waals surface area contributed by atoms with Gasteiger partial charge in [0.1, 0.15) is 5.52 Å². The lowest BCUT2D eigenvalue weighted by atomic mass is 10.1. The molecular weight excluding hydrogens is 368 g/mol. The molecule has 1 amide bonds. The maximum Gasteiger partial charge on any atom is 0.339 e. The summed E-state index contributed by atoms with van der Waals surface area (Å²) in [4.78, 5) is 29.2. The number of para-hydroxylation sites is 3. The van der Waals surface area contributed by atoms with E-state index in [1.807, 2.05) is 49.4 Å². The van der Waals surface area contributed by atoms with Crippen molar-refractivity contribution in [3.8, 4) is 11.5 Å². The first-order valence-electron chi connectivity index (χ1n) is 9.09. The minimum Gasteiger partial charge on any atom is -0.452 e. The van der Waals surface area contributed by atoms with E-state index < -0.39 is 18.5 Å². The van der Waals surface area contributed by atoms with Gasteiger partial charge in [-0.25, -0.2) is 9.78 Å². The summed E-state index contributed by atoms with van der Waals surface area (Å²) in [5.41, 5.74) is 3.72. The van der Waals surface area contributed by atoms with Crippen molar-refractivity contribution in [1.29, 1.82) is 0 Å². The number of hydrogen-bond acceptors (Lipinski definition) is 5. The summed E-state index contributed by atoms with van der Waals surface area (Å²) in [5.74, 6) is -0.710. The average Bonchev–Trinajstić information content (AvgIpc) is 3.18. The molecule has 4 aromatic rings. The summed E-state index contributed by atoms with van der Waals surface area (Å²) in [6, 6.07) is 21.6. The second kappa shape index (κ2) is 7.98. The van der Waals surface area contributed by atoms with E-state index in [9.17, 15) is 9.59 Å². The number of ether oxygens (including phenoxy) is 1. The third-order valence-electron chi connectivity index (χ3n) is 4.42. The lowest BCUT2D eigenvalue weighted by Crippen LogP contribution is -2.21. The standard InChI is InChI=1S/C23H18N2O4/c1-15-8-2-5-11-18(15)24-21(26)14-28-23(27)17-10-4-3-9-16(17)22-25-19-12-6-7-13-20(19)29-22/h2-13H,14H2,1H3,(H,24,26). The molecule has 29 heavy (non-hydrogen) atoms. The lowest BCUT2D eigenvalue weighted by molar-refractivity contribution is -0.119. The fourth-order valence-corrected chi connectivity index (χ4v) is 2.94. The normalized spacial score (nSPS) is 10.7. The topological polar surface area (TPSA) is 81.4 Å². The number of hydrogen-bond donors (Lipinski definition) is 1. The molecule has 144 valence electrons. The Labute approximate surface area is 167 Å². The number of aryl methyl sites for hydroxylation is 1. The molecule has 0 atom stereocenters. The summed E-state index contributed by atoms with van der Waals surface area (Å²) < 4.78 is 11.0. The van der Waals surface area contributed by atoms with E-state index in [1.165, 1.54) is 0 Å². The van der Waals surface area contributed by atoms with Gasteiger partial charge in [-0.1, -0.05) is 42.5 Å². The quantitative estimate of drug-likeness (QED) is 0.507. The summed E-state index contributed by atoms with van der Waals surface area (Å²) in [6.07, 6.45) is 0. The molecule has 0 aliphatic rings. The molecule has 3 aromatic carbocycles. The predicted molar refractivity (Wildman–Crippen MR) is 110 cm³/mol. The number of nitrogens with one attached hydrogen (secondary N) is 1. The minimum absolute atomic E-state index is 0.280. The molecule has 0 saturated carbocycles. The van der Waals surface area contributed by atoms with E-state index in [1.54, 1.807) is 30.3 Å². The number of anilines is 1. The van der Waals surface area contributed by atoms with Crippen molar-refractivity contribution < 1.29 is 18.7 Å². The highest BCUT2D eigenvalue weighted by Gasteiger charge is 2.19. The number of benzene rings is 3. The molecule has 4 rings (SSSR count). The molecule has 6 nitrogen and oxygen atoms in total. The Morgan fingerprint density at radius 2 is 1.69 bits per heavy atom. The highest BCUT2D eigenvalue weighted by molar-refractivity contribution is 5.99. The van der Waals surface area contributed by atoms with E-state index in [2.05, 4.69) is 10.3 Å². The number of carbonyl (C=O) groups excluding carboxylic acids is 2. The molecule has 0 fully saturated rings. The van der Waals surface area contributed by atoms with Gasteiger partial charge in [0.15, 0.2) is 12.2 Å². The van der Waals surface area contributed by atoms with Gasteiger partial charge in [0.25, 0.3) is 5.91 Å². The first-order chi connectivity index (χ1) is 14.1. The van der Waals surface area contributed by atoms with Crippen LogP contribution in [0.3, 0.4) is 0 Å². The third kappa shape index (κ3) is 4.01. The van der Waals surface area contributed by atoms with Crippen LogP contribution in [0.15, 0.2) is 77.2 Å². The number of esters is 1. The van der Waals surface area contributed by atoms with Crippen molar-refractivity contribution >= 4 is 28.7 Å². The van der Waals surface area contributed by atoms with Gasteiger partial charge < -0.3 is 14.5 Å². The van der Waals surface area contributed by atoms with Crippen LogP contribution in [0, 0.1) is 6.92 Å². The Kier molecular flexibility index (Phi) is 5.07. The molecule has 0 aliphatic heterocycles. The Bertz CT molecular complexity index is 1160. The molecule has 0 spiro atoms. The minimum atomic E-state index is -0.622. The first-order valence-corrected chi connectivity index (χ1v) is 9.09. The van der Waals surface area contributed by atoms with Gasteiger partial charge in [-0.2, -0.15) is 0 Å². The highest BCUT2D eigenvalue weighted by Crippen LogP contribution is 2.27. The van der Waals surface area contributed by atoms with E-state index >= 15 is 0 Å². The molecule has 0 aliphatic carbocycles. The van der Waals surface area contributed by atoms with Gasteiger partial charge in [0, 0.05) is 5.69 Å². The lowest BCUT2D eigenvalue weighted by Gasteiger charge is -2.09. The molecular formula is C23H18N2O4. The van der Waals surface area contributed by atoms with Gasteiger partial charge in [-0.15, -0.1) is 0 Å². The van der Waals surface area contributed by atoms with E-state index in [0.717, 1.165) is 5.56 Å². The van der Waals surface area contributed by atoms with Crippen LogP contribution in [0.25, 0.3) is 22.6 Å². The van der Waals surface area contributed by atoms with Crippen LogP contribution < -0.4 is 5.32 Å². The van der Waals surface area contributed by atoms with Crippen molar-refractivity contribution in [2.45, 2.75) is 6.92 Å². The van der Waals surface area contributed by atoms with Crippen molar-refractivity contribution in [2.24, 2.45) is 0 Å². The zero-order chi connectivity index (χ0) is 20.2.